The van der Waals surface area contributed by atoms with Crippen molar-refractivity contribution in [3.8, 4) is 0 Å². The van der Waals surface area contributed by atoms with Crippen molar-refractivity contribution in [1.82, 2.24) is 9.97 Å². The third kappa shape index (κ3) is 3.93. The lowest BCUT2D eigenvalue weighted by molar-refractivity contribution is -0.152. The number of rotatable bonds is 2. The van der Waals surface area contributed by atoms with Gasteiger partial charge in [0.25, 0.3) is 0 Å². The molecule has 23 heavy (non-hydrogen) atoms. The average Bonchev–Trinajstić information content (AvgIpc) is 2.44. The topological polar surface area (TPSA) is 76.5 Å². The van der Waals surface area contributed by atoms with Gasteiger partial charge in [0.05, 0.1) is 5.69 Å². The van der Waals surface area contributed by atoms with Crippen LogP contribution in [0.25, 0.3) is 0 Å². The highest BCUT2D eigenvalue weighted by molar-refractivity contribution is 5.61. The molecule has 11 heteroatoms. The molecule has 0 radical (unpaired) electrons. The van der Waals surface area contributed by atoms with E-state index in [1.165, 1.54) is 12.1 Å². The van der Waals surface area contributed by atoms with Crippen molar-refractivity contribution in [1.29, 1.82) is 0 Å². The van der Waals surface area contributed by atoms with E-state index >= 15 is 0 Å². The number of aromatic nitrogens is 2. The molecule has 0 aliphatic heterocycles. The van der Waals surface area contributed by atoms with Gasteiger partial charge in [-0.2, -0.15) is 31.5 Å². The van der Waals surface area contributed by atoms with Gasteiger partial charge in [-0.3, -0.25) is 0 Å². The van der Waals surface area contributed by atoms with E-state index in [2.05, 4.69) is 20.2 Å². The van der Waals surface area contributed by atoms with Gasteiger partial charge in [0.2, 0.25) is 5.82 Å². The van der Waals surface area contributed by atoms with Crippen molar-refractivity contribution < 1.29 is 26.3 Å². The highest BCUT2D eigenvalue weighted by Gasteiger charge is 2.42. The summed E-state index contributed by atoms with van der Waals surface area (Å²) >= 11 is 0. The number of hydrogen-bond acceptors (Lipinski definition) is 5. The van der Waals surface area contributed by atoms with Crippen LogP contribution >= 0.6 is 0 Å². The van der Waals surface area contributed by atoms with Gasteiger partial charge in [-0.1, -0.05) is 18.2 Å². The van der Waals surface area contributed by atoms with Gasteiger partial charge in [0, 0.05) is 0 Å². The molecule has 0 atom stereocenters. The molecule has 2 rings (SSSR count). The van der Waals surface area contributed by atoms with E-state index in [0.717, 1.165) is 0 Å². The SMILES string of the molecule is Nc1nc(C(F)(F)F)nc(C(F)(F)F)c1/N=N/c1ccccc1. The Bertz CT molecular complexity index is 723. The van der Waals surface area contributed by atoms with Crippen LogP contribution in [0.5, 0.6) is 0 Å². The molecule has 0 unspecified atom stereocenters. The molecule has 0 fully saturated rings. The van der Waals surface area contributed by atoms with Crippen molar-refractivity contribution in [2.75, 3.05) is 5.73 Å². The monoisotopic (exact) mass is 335 g/mol. The summed E-state index contributed by atoms with van der Waals surface area (Å²) in [5.74, 6) is -3.07. The number of benzene rings is 1. The third-order valence-electron chi connectivity index (χ3n) is 2.45. The van der Waals surface area contributed by atoms with Gasteiger partial charge in [-0.15, -0.1) is 5.11 Å². The smallest absolute Gasteiger partial charge is 0.382 e. The number of halogens is 6. The van der Waals surface area contributed by atoms with Crippen LogP contribution in [0.4, 0.5) is 43.5 Å². The standard InChI is InChI=1S/C12H7F6N5/c13-11(14,15)8-7(23-22-6-4-2-1-3-5-6)9(19)21-10(20-8)12(16,17)18/h1-5H,(H2,19,20,21)/b23-22+. The molecule has 1 aromatic heterocycles. The minimum Gasteiger partial charge on any atom is -0.382 e. The molecule has 1 aromatic carbocycles. The highest BCUT2D eigenvalue weighted by atomic mass is 19.4. The largest absolute Gasteiger partial charge is 0.451 e. The first-order valence-electron chi connectivity index (χ1n) is 5.87. The van der Waals surface area contributed by atoms with E-state index < -0.39 is 35.4 Å². The van der Waals surface area contributed by atoms with E-state index in [4.69, 9.17) is 5.73 Å². The van der Waals surface area contributed by atoms with Crippen LogP contribution in [0.3, 0.4) is 0 Å². The number of azo groups is 1. The Balaban J connectivity index is 2.56. The van der Waals surface area contributed by atoms with Gasteiger partial charge in [-0.25, -0.2) is 9.97 Å². The molecule has 0 aliphatic carbocycles. The Morgan fingerprint density at radius 3 is 1.96 bits per heavy atom. The molecule has 0 saturated carbocycles. The molecule has 0 amide bonds. The lowest BCUT2D eigenvalue weighted by Crippen LogP contribution is -2.18. The maximum Gasteiger partial charge on any atom is 0.451 e. The molecule has 2 N–H and O–H groups in total. The molecule has 0 spiro atoms. The van der Waals surface area contributed by atoms with Crippen LogP contribution in [0.2, 0.25) is 0 Å². The van der Waals surface area contributed by atoms with E-state index in [1.807, 2.05) is 0 Å². The summed E-state index contributed by atoms with van der Waals surface area (Å²) in [6.45, 7) is 0. The fourth-order valence-electron chi connectivity index (χ4n) is 1.50. The second-order valence-electron chi connectivity index (χ2n) is 4.16. The van der Waals surface area contributed by atoms with E-state index in [0.29, 0.717) is 0 Å². The summed E-state index contributed by atoms with van der Waals surface area (Å²) in [5.41, 5.74) is 2.38. The molecule has 2 aromatic rings. The fourth-order valence-corrected chi connectivity index (χ4v) is 1.50. The van der Waals surface area contributed by atoms with Gasteiger partial charge in [-0.05, 0) is 12.1 Å². The molecule has 0 bridgehead atoms. The summed E-state index contributed by atoms with van der Waals surface area (Å²) in [6, 6.07) is 7.59. The lowest BCUT2D eigenvalue weighted by atomic mass is 10.3. The van der Waals surface area contributed by atoms with Gasteiger partial charge >= 0.3 is 12.4 Å². The normalized spacial score (nSPS) is 12.8. The number of anilines is 1. The Kier molecular flexibility index (Phi) is 4.21. The van der Waals surface area contributed by atoms with Gasteiger partial charge < -0.3 is 5.73 Å². The molecule has 0 saturated heterocycles. The first kappa shape index (κ1) is 16.6. The zero-order valence-electron chi connectivity index (χ0n) is 11.0. The second-order valence-corrected chi connectivity index (χ2v) is 4.16. The number of nitrogens with two attached hydrogens (primary N) is 1. The summed E-state index contributed by atoms with van der Waals surface area (Å²) in [5, 5.41) is 6.74. The zero-order chi connectivity index (χ0) is 17.3. The predicted octanol–water partition coefficient (Wildman–Crippen LogP) is 4.51. The highest BCUT2D eigenvalue weighted by Crippen LogP contribution is 2.40. The Hall–Kier alpha value is -2.72. The molecular weight excluding hydrogens is 328 g/mol. The molecule has 5 nitrogen and oxygen atoms in total. The van der Waals surface area contributed by atoms with Crippen LogP contribution in [0.1, 0.15) is 11.5 Å². The van der Waals surface area contributed by atoms with Crippen molar-refractivity contribution in [3.63, 3.8) is 0 Å². The molecule has 1 heterocycles. The fraction of sp³-hybridized carbons (Fsp3) is 0.167. The first-order valence-corrected chi connectivity index (χ1v) is 5.87. The van der Waals surface area contributed by atoms with Crippen molar-refractivity contribution in [2.45, 2.75) is 12.4 Å². The Labute approximate surface area is 124 Å². The molecule has 122 valence electrons. The molecular formula is C12H7F6N5. The van der Waals surface area contributed by atoms with Gasteiger partial charge in [0.1, 0.15) is 0 Å². The van der Waals surface area contributed by atoms with E-state index in [-0.39, 0.29) is 5.69 Å². The van der Waals surface area contributed by atoms with Crippen molar-refractivity contribution in [2.24, 2.45) is 10.2 Å². The summed E-state index contributed by atoms with van der Waals surface area (Å²) in [4.78, 5) is 5.31. The maximum atomic E-state index is 12.9. The predicted molar refractivity (Wildman–Crippen MR) is 67.1 cm³/mol. The number of nitrogens with zero attached hydrogens (tertiary/aromatic N) is 4. The number of nitrogen functional groups attached to an aromatic ring is 1. The number of alkyl halides is 6. The van der Waals surface area contributed by atoms with Crippen LogP contribution in [-0.2, 0) is 12.4 Å². The summed E-state index contributed by atoms with van der Waals surface area (Å²) in [6.07, 6.45) is -10.4. The van der Waals surface area contributed by atoms with Crippen LogP contribution < -0.4 is 5.73 Å². The first-order chi connectivity index (χ1) is 10.6. The maximum absolute atomic E-state index is 12.9. The third-order valence-corrected chi connectivity index (χ3v) is 2.45. The minimum atomic E-state index is -5.21. The number of hydrogen-bond donors (Lipinski definition) is 1. The zero-order valence-corrected chi connectivity index (χ0v) is 11.0. The quantitative estimate of drug-likeness (QED) is 0.648. The summed E-state index contributed by atoms with van der Waals surface area (Å²) < 4.78 is 76.3. The van der Waals surface area contributed by atoms with Crippen LogP contribution in [-0.4, -0.2) is 9.97 Å². The lowest BCUT2D eigenvalue weighted by Gasteiger charge is -2.13. The van der Waals surface area contributed by atoms with Gasteiger partial charge in [0.15, 0.2) is 17.2 Å². The Morgan fingerprint density at radius 2 is 1.43 bits per heavy atom. The van der Waals surface area contributed by atoms with Crippen LogP contribution in [0.15, 0.2) is 40.6 Å². The van der Waals surface area contributed by atoms with Crippen LogP contribution in [0, 0.1) is 0 Å². The van der Waals surface area contributed by atoms with Crippen molar-refractivity contribution >= 4 is 17.2 Å². The van der Waals surface area contributed by atoms with E-state index in [1.54, 1.807) is 18.2 Å². The molecule has 0 aliphatic rings. The van der Waals surface area contributed by atoms with Crippen molar-refractivity contribution in [3.05, 3.63) is 41.9 Å². The minimum absolute atomic E-state index is 0.180. The second kappa shape index (κ2) is 5.82. The van der Waals surface area contributed by atoms with E-state index in [9.17, 15) is 26.3 Å². The Morgan fingerprint density at radius 1 is 0.826 bits per heavy atom. The summed E-state index contributed by atoms with van der Waals surface area (Å²) in [7, 11) is 0. The average molecular weight is 335 g/mol.